The van der Waals surface area contributed by atoms with Crippen LogP contribution >= 0.6 is 0 Å². The Morgan fingerprint density at radius 2 is 2.08 bits per heavy atom. The molecule has 0 atom stereocenters. The number of carbonyl (C=O) groups excluding carboxylic acids is 1. The summed E-state index contributed by atoms with van der Waals surface area (Å²) in [6, 6.07) is 2.00. The van der Waals surface area contributed by atoms with Crippen molar-refractivity contribution in [2.75, 3.05) is 13.2 Å². The second kappa shape index (κ2) is 3.00. The van der Waals surface area contributed by atoms with Gasteiger partial charge in [0.15, 0.2) is 5.41 Å². The van der Waals surface area contributed by atoms with Gasteiger partial charge in [-0.2, -0.15) is 5.26 Å². The monoisotopic (exact) mass is 182 g/mol. The summed E-state index contributed by atoms with van der Waals surface area (Å²) in [5.74, 6) is -0.228. The molecule has 0 spiro atoms. The fraction of sp³-hybridized carbons (Fsp3) is 0.778. The molecule has 1 fully saturated rings. The van der Waals surface area contributed by atoms with Crippen LogP contribution in [0.2, 0.25) is 0 Å². The lowest BCUT2D eigenvalue weighted by Crippen LogP contribution is -2.57. The van der Waals surface area contributed by atoms with E-state index >= 15 is 0 Å². The van der Waals surface area contributed by atoms with Crippen LogP contribution in [0.1, 0.15) is 20.8 Å². The number of hydrogen-bond acceptors (Lipinski definition) is 3. The highest BCUT2D eigenvalue weighted by molar-refractivity contribution is 5.87. The molecule has 0 bridgehead atoms. The highest BCUT2D eigenvalue weighted by Gasteiger charge is 2.47. The SMILES string of the molecule is CC(C)(C)NC(=O)C1(C#N)COC1. The summed E-state index contributed by atoms with van der Waals surface area (Å²) in [5, 5.41) is 11.6. The van der Waals surface area contributed by atoms with Crippen LogP contribution in [-0.2, 0) is 9.53 Å². The van der Waals surface area contributed by atoms with Gasteiger partial charge >= 0.3 is 0 Å². The van der Waals surface area contributed by atoms with Crippen LogP contribution in [0, 0.1) is 16.7 Å². The van der Waals surface area contributed by atoms with Crippen LogP contribution in [0.15, 0.2) is 0 Å². The summed E-state index contributed by atoms with van der Waals surface area (Å²) in [6.07, 6.45) is 0. The van der Waals surface area contributed by atoms with Gasteiger partial charge in [0, 0.05) is 5.54 Å². The van der Waals surface area contributed by atoms with Crippen molar-refractivity contribution >= 4 is 5.91 Å². The molecule has 0 saturated carbocycles. The molecule has 0 aromatic rings. The second-order valence-corrected chi connectivity index (χ2v) is 4.39. The van der Waals surface area contributed by atoms with E-state index in [1.807, 2.05) is 26.8 Å². The van der Waals surface area contributed by atoms with E-state index in [1.165, 1.54) is 0 Å². The molecular formula is C9H14N2O2. The number of ether oxygens (including phenoxy) is 1. The number of nitrogens with zero attached hydrogens (tertiary/aromatic N) is 1. The summed E-state index contributed by atoms with van der Waals surface area (Å²) in [7, 11) is 0. The summed E-state index contributed by atoms with van der Waals surface area (Å²) >= 11 is 0. The molecule has 1 amide bonds. The van der Waals surface area contributed by atoms with Crippen molar-refractivity contribution in [3.63, 3.8) is 0 Å². The molecule has 0 aromatic heterocycles. The highest BCUT2D eigenvalue weighted by atomic mass is 16.5. The molecule has 1 aliphatic heterocycles. The van der Waals surface area contributed by atoms with Crippen molar-refractivity contribution in [3.05, 3.63) is 0 Å². The van der Waals surface area contributed by atoms with Crippen molar-refractivity contribution in [1.82, 2.24) is 5.32 Å². The Morgan fingerprint density at radius 3 is 2.31 bits per heavy atom. The van der Waals surface area contributed by atoms with Gasteiger partial charge in [-0.15, -0.1) is 0 Å². The molecule has 13 heavy (non-hydrogen) atoms. The zero-order chi connectivity index (χ0) is 10.1. The Kier molecular flexibility index (Phi) is 2.31. The minimum Gasteiger partial charge on any atom is -0.377 e. The predicted octanol–water partition coefficient (Wildman–Crippen LogP) is 0.441. The molecule has 4 heteroatoms. The fourth-order valence-electron chi connectivity index (χ4n) is 1.01. The predicted molar refractivity (Wildman–Crippen MR) is 46.8 cm³/mol. The lowest BCUT2D eigenvalue weighted by Gasteiger charge is -2.35. The minimum atomic E-state index is -0.937. The van der Waals surface area contributed by atoms with Crippen molar-refractivity contribution in [1.29, 1.82) is 5.26 Å². The van der Waals surface area contributed by atoms with E-state index in [4.69, 9.17) is 10.00 Å². The van der Waals surface area contributed by atoms with Gasteiger partial charge < -0.3 is 10.1 Å². The zero-order valence-corrected chi connectivity index (χ0v) is 8.18. The van der Waals surface area contributed by atoms with E-state index in [1.54, 1.807) is 0 Å². The number of nitrogens with one attached hydrogen (secondary N) is 1. The maximum absolute atomic E-state index is 11.6. The van der Waals surface area contributed by atoms with Crippen LogP contribution in [0.3, 0.4) is 0 Å². The summed E-state index contributed by atoms with van der Waals surface area (Å²) in [6.45, 7) is 6.08. The normalized spacial score (nSPS) is 19.8. The van der Waals surface area contributed by atoms with E-state index in [0.717, 1.165) is 0 Å². The molecule has 72 valence electrons. The van der Waals surface area contributed by atoms with Crippen LogP contribution in [0.5, 0.6) is 0 Å². The number of nitriles is 1. The third-order valence-electron chi connectivity index (χ3n) is 1.83. The van der Waals surface area contributed by atoms with E-state index in [0.29, 0.717) is 0 Å². The van der Waals surface area contributed by atoms with Crippen molar-refractivity contribution < 1.29 is 9.53 Å². The average molecular weight is 182 g/mol. The standard InChI is InChI=1S/C9H14N2O2/c1-8(2,3)11-7(12)9(4-10)5-13-6-9/h5-6H2,1-3H3,(H,11,12). The molecule has 4 nitrogen and oxygen atoms in total. The molecular weight excluding hydrogens is 168 g/mol. The van der Waals surface area contributed by atoms with Crippen LogP contribution < -0.4 is 5.32 Å². The van der Waals surface area contributed by atoms with E-state index in [2.05, 4.69) is 5.32 Å². The average Bonchev–Trinajstić information content (AvgIpc) is 1.80. The summed E-state index contributed by atoms with van der Waals surface area (Å²) < 4.78 is 4.88. The maximum atomic E-state index is 11.6. The van der Waals surface area contributed by atoms with E-state index < -0.39 is 5.41 Å². The first-order valence-electron chi connectivity index (χ1n) is 4.21. The first kappa shape index (κ1) is 10.0. The van der Waals surface area contributed by atoms with Crippen LogP contribution in [-0.4, -0.2) is 24.7 Å². The Hall–Kier alpha value is -1.08. The summed E-state index contributed by atoms with van der Waals surface area (Å²) in [5.41, 5.74) is -1.23. The lowest BCUT2D eigenvalue weighted by molar-refractivity contribution is -0.151. The minimum absolute atomic E-state index is 0.214. The Morgan fingerprint density at radius 1 is 1.54 bits per heavy atom. The maximum Gasteiger partial charge on any atom is 0.245 e. The van der Waals surface area contributed by atoms with Gasteiger partial charge in [0.1, 0.15) is 0 Å². The molecule has 1 rings (SSSR count). The molecule has 1 N–H and O–H groups in total. The fourth-order valence-corrected chi connectivity index (χ4v) is 1.01. The Bertz CT molecular complexity index is 256. The van der Waals surface area contributed by atoms with Gasteiger partial charge in [0.25, 0.3) is 0 Å². The molecule has 1 aliphatic rings. The highest BCUT2D eigenvalue weighted by Crippen LogP contribution is 2.27. The Balaban J connectivity index is 2.63. The van der Waals surface area contributed by atoms with Gasteiger partial charge in [0.05, 0.1) is 19.3 Å². The van der Waals surface area contributed by atoms with Gasteiger partial charge in [-0.3, -0.25) is 4.79 Å². The van der Waals surface area contributed by atoms with Crippen molar-refractivity contribution in [2.24, 2.45) is 5.41 Å². The quantitative estimate of drug-likeness (QED) is 0.640. The topological polar surface area (TPSA) is 62.1 Å². The van der Waals surface area contributed by atoms with Gasteiger partial charge in [-0.25, -0.2) is 0 Å². The van der Waals surface area contributed by atoms with Crippen molar-refractivity contribution in [3.8, 4) is 6.07 Å². The lowest BCUT2D eigenvalue weighted by atomic mass is 9.86. The summed E-state index contributed by atoms with van der Waals surface area (Å²) in [4.78, 5) is 11.6. The number of amides is 1. The first-order chi connectivity index (χ1) is 5.90. The van der Waals surface area contributed by atoms with Crippen LogP contribution in [0.25, 0.3) is 0 Å². The van der Waals surface area contributed by atoms with Gasteiger partial charge in [0.2, 0.25) is 5.91 Å². The zero-order valence-electron chi connectivity index (χ0n) is 8.18. The molecule has 0 aliphatic carbocycles. The van der Waals surface area contributed by atoms with Gasteiger partial charge in [-0.1, -0.05) is 0 Å². The largest absolute Gasteiger partial charge is 0.377 e. The smallest absolute Gasteiger partial charge is 0.245 e. The number of hydrogen-bond donors (Lipinski definition) is 1. The number of rotatable bonds is 1. The third-order valence-corrected chi connectivity index (χ3v) is 1.83. The first-order valence-corrected chi connectivity index (χ1v) is 4.21. The Labute approximate surface area is 77.9 Å². The molecule has 0 aromatic carbocycles. The molecule has 1 heterocycles. The van der Waals surface area contributed by atoms with Crippen molar-refractivity contribution in [2.45, 2.75) is 26.3 Å². The van der Waals surface area contributed by atoms with Crippen LogP contribution in [0.4, 0.5) is 0 Å². The second-order valence-electron chi connectivity index (χ2n) is 4.39. The third kappa shape index (κ3) is 1.99. The van der Waals surface area contributed by atoms with Gasteiger partial charge in [-0.05, 0) is 20.8 Å². The molecule has 0 unspecified atom stereocenters. The molecule has 0 radical (unpaired) electrons. The molecule has 1 saturated heterocycles. The van der Waals surface area contributed by atoms with E-state index in [9.17, 15) is 4.79 Å². The number of carbonyl (C=O) groups is 1. The van der Waals surface area contributed by atoms with E-state index in [-0.39, 0.29) is 24.7 Å².